The zero-order valence-electron chi connectivity index (χ0n) is 11.2. The molecule has 0 aliphatic rings. The Labute approximate surface area is 124 Å². The predicted molar refractivity (Wildman–Crippen MR) is 73.4 cm³/mol. The van der Waals surface area contributed by atoms with Crippen LogP contribution in [-0.4, -0.2) is 17.4 Å². The van der Waals surface area contributed by atoms with Gasteiger partial charge in [0.05, 0.1) is 12.2 Å². The summed E-state index contributed by atoms with van der Waals surface area (Å²) < 4.78 is 40.8. The summed E-state index contributed by atoms with van der Waals surface area (Å²) in [6, 6.07) is 11.4. The van der Waals surface area contributed by atoms with Crippen LogP contribution in [-0.2, 0) is 6.61 Å². The van der Waals surface area contributed by atoms with Gasteiger partial charge in [-0.3, -0.25) is 4.79 Å². The number of alkyl halides is 3. The van der Waals surface area contributed by atoms with Crippen LogP contribution >= 0.6 is 0 Å². The Balaban J connectivity index is 2.22. The van der Waals surface area contributed by atoms with E-state index in [4.69, 9.17) is 5.11 Å². The molecule has 0 saturated heterocycles. The number of anilines is 1. The molecular formula is C15H12F3NO3. The summed E-state index contributed by atoms with van der Waals surface area (Å²) in [5, 5.41) is 11.5. The number of benzene rings is 2. The normalized spacial score (nSPS) is 11.1. The molecular weight excluding hydrogens is 299 g/mol. The van der Waals surface area contributed by atoms with Gasteiger partial charge in [0.2, 0.25) is 0 Å². The van der Waals surface area contributed by atoms with E-state index in [1.807, 2.05) is 0 Å². The van der Waals surface area contributed by atoms with Crippen molar-refractivity contribution < 1.29 is 27.8 Å². The third kappa shape index (κ3) is 4.23. The molecule has 0 aliphatic heterocycles. The number of aliphatic hydroxyl groups excluding tert-OH is 1. The first-order valence-corrected chi connectivity index (χ1v) is 6.25. The van der Waals surface area contributed by atoms with Gasteiger partial charge in [-0.15, -0.1) is 13.2 Å². The maximum Gasteiger partial charge on any atom is 0.573 e. The first kappa shape index (κ1) is 15.8. The lowest BCUT2D eigenvalue weighted by molar-refractivity contribution is -0.274. The summed E-state index contributed by atoms with van der Waals surface area (Å²) in [5.74, 6) is -1.32. The fourth-order valence-electron chi connectivity index (χ4n) is 1.81. The molecule has 0 spiro atoms. The minimum Gasteiger partial charge on any atom is -0.405 e. The number of carbonyl (C=O) groups excluding carboxylic acids is 1. The van der Waals surface area contributed by atoms with Crippen LogP contribution in [0.3, 0.4) is 0 Å². The number of carbonyl (C=O) groups is 1. The third-order valence-corrected chi connectivity index (χ3v) is 2.72. The van der Waals surface area contributed by atoms with Crippen LogP contribution in [0.4, 0.5) is 18.9 Å². The van der Waals surface area contributed by atoms with Crippen LogP contribution in [0.2, 0.25) is 0 Å². The second-order valence-corrected chi connectivity index (χ2v) is 4.36. The highest BCUT2D eigenvalue weighted by atomic mass is 19.4. The van der Waals surface area contributed by atoms with Crippen LogP contribution in [0, 0.1) is 0 Å². The number of aliphatic hydroxyl groups is 1. The summed E-state index contributed by atoms with van der Waals surface area (Å²) in [5.41, 5.74) is 0.685. The summed E-state index contributed by atoms with van der Waals surface area (Å²) in [6.07, 6.45) is -4.88. The van der Waals surface area contributed by atoms with Crippen LogP contribution in [0.5, 0.6) is 5.75 Å². The summed E-state index contributed by atoms with van der Waals surface area (Å²) in [6.45, 7) is -0.211. The van der Waals surface area contributed by atoms with Crippen molar-refractivity contribution in [1.82, 2.24) is 0 Å². The highest BCUT2D eigenvalue weighted by Crippen LogP contribution is 2.27. The van der Waals surface area contributed by atoms with Crippen molar-refractivity contribution in [2.75, 3.05) is 5.32 Å². The van der Waals surface area contributed by atoms with Gasteiger partial charge in [-0.05, 0) is 29.8 Å². The molecule has 0 heterocycles. The maximum absolute atomic E-state index is 12.3. The van der Waals surface area contributed by atoms with Crippen molar-refractivity contribution >= 4 is 11.6 Å². The van der Waals surface area contributed by atoms with E-state index < -0.39 is 18.0 Å². The molecule has 2 aromatic carbocycles. The fraction of sp³-hybridized carbons (Fsp3) is 0.133. The van der Waals surface area contributed by atoms with Gasteiger partial charge in [0, 0.05) is 5.69 Å². The van der Waals surface area contributed by atoms with E-state index in [0.29, 0.717) is 11.3 Å². The first-order valence-electron chi connectivity index (χ1n) is 6.25. The Morgan fingerprint density at radius 1 is 1.14 bits per heavy atom. The topological polar surface area (TPSA) is 58.6 Å². The van der Waals surface area contributed by atoms with Gasteiger partial charge in [-0.2, -0.15) is 0 Å². The SMILES string of the molecule is O=C(Nc1cccc(CO)c1)c1ccccc1OC(F)(F)F. The van der Waals surface area contributed by atoms with Gasteiger partial charge >= 0.3 is 6.36 Å². The predicted octanol–water partition coefficient (Wildman–Crippen LogP) is 3.33. The lowest BCUT2D eigenvalue weighted by Gasteiger charge is -2.13. The van der Waals surface area contributed by atoms with Gasteiger partial charge < -0.3 is 15.2 Å². The van der Waals surface area contributed by atoms with Crippen LogP contribution < -0.4 is 10.1 Å². The minimum absolute atomic E-state index is 0.211. The number of halogens is 3. The molecule has 0 aliphatic carbocycles. The van der Waals surface area contributed by atoms with Crippen molar-refractivity contribution in [1.29, 1.82) is 0 Å². The highest BCUT2D eigenvalue weighted by molar-refractivity contribution is 6.06. The van der Waals surface area contributed by atoms with E-state index in [0.717, 1.165) is 6.07 Å². The van der Waals surface area contributed by atoms with E-state index >= 15 is 0 Å². The molecule has 22 heavy (non-hydrogen) atoms. The molecule has 4 nitrogen and oxygen atoms in total. The van der Waals surface area contributed by atoms with Crippen molar-refractivity contribution in [2.45, 2.75) is 13.0 Å². The van der Waals surface area contributed by atoms with E-state index in [-0.39, 0.29) is 12.2 Å². The number of rotatable bonds is 4. The molecule has 0 unspecified atom stereocenters. The number of hydrogen-bond donors (Lipinski definition) is 2. The van der Waals surface area contributed by atoms with Crippen molar-refractivity contribution in [3.63, 3.8) is 0 Å². The van der Waals surface area contributed by atoms with Gasteiger partial charge in [0.15, 0.2) is 0 Å². The summed E-state index contributed by atoms with van der Waals surface area (Å²) in [7, 11) is 0. The molecule has 0 aromatic heterocycles. The number of amides is 1. The van der Waals surface area contributed by atoms with Gasteiger partial charge in [-0.1, -0.05) is 24.3 Å². The fourth-order valence-corrected chi connectivity index (χ4v) is 1.81. The number of ether oxygens (including phenoxy) is 1. The van der Waals surface area contributed by atoms with E-state index in [1.54, 1.807) is 18.2 Å². The molecule has 0 fully saturated rings. The minimum atomic E-state index is -4.88. The standard InChI is InChI=1S/C15H12F3NO3/c16-15(17,18)22-13-7-2-1-6-12(13)14(21)19-11-5-3-4-10(8-11)9-20/h1-8,20H,9H2,(H,19,21). The Hall–Kier alpha value is -2.54. The van der Waals surface area contributed by atoms with E-state index in [2.05, 4.69) is 10.1 Å². The third-order valence-electron chi connectivity index (χ3n) is 2.72. The summed E-state index contributed by atoms with van der Waals surface area (Å²) in [4.78, 5) is 12.1. The average Bonchev–Trinajstić information content (AvgIpc) is 2.46. The van der Waals surface area contributed by atoms with Gasteiger partial charge in [0.1, 0.15) is 5.75 Å². The molecule has 0 atom stereocenters. The van der Waals surface area contributed by atoms with Crippen LogP contribution in [0.15, 0.2) is 48.5 Å². The monoisotopic (exact) mass is 311 g/mol. The maximum atomic E-state index is 12.3. The van der Waals surface area contributed by atoms with Gasteiger partial charge in [0.25, 0.3) is 5.91 Å². The molecule has 0 bridgehead atoms. The lowest BCUT2D eigenvalue weighted by Crippen LogP contribution is -2.20. The second-order valence-electron chi connectivity index (χ2n) is 4.36. The highest BCUT2D eigenvalue weighted by Gasteiger charge is 2.32. The Morgan fingerprint density at radius 2 is 1.86 bits per heavy atom. The number of para-hydroxylation sites is 1. The quantitative estimate of drug-likeness (QED) is 0.910. The molecule has 2 N–H and O–H groups in total. The van der Waals surface area contributed by atoms with Crippen molar-refractivity contribution in [2.24, 2.45) is 0 Å². The molecule has 0 radical (unpaired) electrons. The largest absolute Gasteiger partial charge is 0.573 e. The van der Waals surface area contributed by atoms with Crippen LogP contribution in [0.1, 0.15) is 15.9 Å². The van der Waals surface area contributed by atoms with Crippen molar-refractivity contribution in [3.05, 3.63) is 59.7 Å². The molecule has 7 heteroatoms. The Bertz CT molecular complexity index is 671. The van der Waals surface area contributed by atoms with Gasteiger partial charge in [-0.25, -0.2) is 0 Å². The Morgan fingerprint density at radius 3 is 2.55 bits per heavy atom. The van der Waals surface area contributed by atoms with E-state index in [1.165, 1.54) is 24.3 Å². The smallest absolute Gasteiger partial charge is 0.405 e. The zero-order valence-corrected chi connectivity index (χ0v) is 11.2. The molecule has 116 valence electrons. The molecule has 1 amide bonds. The Kier molecular flexibility index (Phi) is 4.67. The average molecular weight is 311 g/mol. The number of hydrogen-bond acceptors (Lipinski definition) is 3. The van der Waals surface area contributed by atoms with Crippen LogP contribution in [0.25, 0.3) is 0 Å². The zero-order chi connectivity index (χ0) is 16.2. The van der Waals surface area contributed by atoms with E-state index in [9.17, 15) is 18.0 Å². The summed E-state index contributed by atoms with van der Waals surface area (Å²) >= 11 is 0. The number of nitrogens with one attached hydrogen (secondary N) is 1. The second kappa shape index (κ2) is 6.48. The molecule has 2 rings (SSSR count). The van der Waals surface area contributed by atoms with Crippen molar-refractivity contribution in [3.8, 4) is 5.75 Å². The molecule has 0 saturated carbocycles. The molecule has 2 aromatic rings. The first-order chi connectivity index (χ1) is 10.4. The lowest BCUT2D eigenvalue weighted by atomic mass is 10.1.